The molecule has 7 heteroatoms. The van der Waals surface area contributed by atoms with Crippen molar-refractivity contribution in [3.8, 4) is 0 Å². The van der Waals surface area contributed by atoms with Crippen LogP contribution in [0, 0.1) is 11.6 Å². The monoisotopic (exact) mass is 268 g/mol. The Kier molecular flexibility index (Phi) is 4.06. The molecule has 2 rings (SSSR count). The predicted octanol–water partition coefficient (Wildman–Crippen LogP) is 2.76. The number of benzene rings is 1. The number of rotatable bonds is 5. The SMILES string of the molecule is CCNC(C)c1nnc(Nc2cccc(F)c2F)o1. The topological polar surface area (TPSA) is 63.0 Å². The molecule has 19 heavy (non-hydrogen) atoms. The predicted molar refractivity (Wildman–Crippen MR) is 66.0 cm³/mol. The highest BCUT2D eigenvalue weighted by Gasteiger charge is 2.14. The third-order valence-corrected chi connectivity index (χ3v) is 2.51. The second-order valence-corrected chi connectivity index (χ2v) is 3.95. The molecular weight excluding hydrogens is 254 g/mol. The Balaban J connectivity index is 2.14. The van der Waals surface area contributed by atoms with E-state index in [9.17, 15) is 8.78 Å². The maximum atomic E-state index is 13.4. The number of anilines is 2. The minimum absolute atomic E-state index is 0.0178. The van der Waals surface area contributed by atoms with Crippen LogP contribution in [0.1, 0.15) is 25.8 Å². The highest BCUT2D eigenvalue weighted by Crippen LogP contribution is 2.22. The first-order valence-corrected chi connectivity index (χ1v) is 5.89. The van der Waals surface area contributed by atoms with Crippen molar-refractivity contribution in [2.24, 2.45) is 0 Å². The van der Waals surface area contributed by atoms with Crippen LogP contribution in [0.25, 0.3) is 0 Å². The van der Waals surface area contributed by atoms with Gasteiger partial charge in [-0.05, 0) is 25.6 Å². The number of nitrogens with one attached hydrogen (secondary N) is 2. The lowest BCUT2D eigenvalue weighted by Crippen LogP contribution is -2.17. The van der Waals surface area contributed by atoms with Crippen molar-refractivity contribution in [1.82, 2.24) is 15.5 Å². The summed E-state index contributed by atoms with van der Waals surface area (Å²) >= 11 is 0. The van der Waals surface area contributed by atoms with E-state index in [-0.39, 0.29) is 17.7 Å². The molecule has 1 heterocycles. The summed E-state index contributed by atoms with van der Waals surface area (Å²) < 4.78 is 31.8. The molecule has 0 aliphatic heterocycles. The van der Waals surface area contributed by atoms with Gasteiger partial charge in [0.25, 0.3) is 0 Å². The summed E-state index contributed by atoms with van der Waals surface area (Å²) in [5.74, 6) is -1.55. The molecule has 1 aromatic heterocycles. The number of hydrogen-bond donors (Lipinski definition) is 2. The first-order chi connectivity index (χ1) is 9.11. The van der Waals surface area contributed by atoms with E-state index in [0.717, 1.165) is 12.6 Å². The Bertz CT molecular complexity index is 558. The van der Waals surface area contributed by atoms with Crippen molar-refractivity contribution in [2.75, 3.05) is 11.9 Å². The fraction of sp³-hybridized carbons (Fsp3) is 0.333. The van der Waals surface area contributed by atoms with E-state index in [1.807, 2.05) is 13.8 Å². The van der Waals surface area contributed by atoms with E-state index < -0.39 is 11.6 Å². The van der Waals surface area contributed by atoms with E-state index in [1.165, 1.54) is 12.1 Å². The van der Waals surface area contributed by atoms with Gasteiger partial charge in [0, 0.05) is 0 Å². The van der Waals surface area contributed by atoms with E-state index >= 15 is 0 Å². The Morgan fingerprint density at radius 1 is 1.32 bits per heavy atom. The van der Waals surface area contributed by atoms with Gasteiger partial charge in [0.05, 0.1) is 11.7 Å². The van der Waals surface area contributed by atoms with Gasteiger partial charge in [-0.1, -0.05) is 18.1 Å². The minimum atomic E-state index is -0.984. The largest absolute Gasteiger partial charge is 0.406 e. The zero-order valence-electron chi connectivity index (χ0n) is 10.6. The first kappa shape index (κ1) is 13.4. The zero-order valence-corrected chi connectivity index (χ0v) is 10.6. The molecule has 0 aliphatic carbocycles. The average Bonchev–Trinajstić information content (AvgIpc) is 2.84. The van der Waals surface area contributed by atoms with Crippen molar-refractivity contribution >= 4 is 11.7 Å². The number of aromatic nitrogens is 2. The van der Waals surface area contributed by atoms with Crippen LogP contribution in [-0.4, -0.2) is 16.7 Å². The molecule has 2 N–H and O–H groups in total. The molecule has 2 aromatic rings. The summed E-state index contributed by atoms with van der Waals surface area (Å²) in [6.45, 7) is 4.57. The Morgan fingerprint density at radius 2 is 2.11 bits per heavy atom. The van der Waals surface area contributed by atoms with Crippen LogP contribution < -0.4 is 10.6 Å². The van der Waals surface area contributed by atoms with Gasteiger partial charge >= 0.3 is 6.01 Å². The maximum absolute atomic E-state index is 13.4. The molecule has 0 aliphatic rings. The molecule has 0 spiro atoms. The lowest BCUT2D eigenvalue weighted by Gasteiger charge is -2.06. The summed E-state index contributed by atoms with van der Waals surface area (Å²) in [7, 11) is 0. The van der Waals surface area contributed by atoms with Crippen molar-refractivity contribution in [3.05, 3.63) is 35.7 Å². The highest BCUT2D eigenvalue weighted by atomic mass is 19.2. The zero-order chi connectivity index (χ0) is 13.8. The molecule has 0 fully saturated rings. The molecule has 5 nitrogen and oxygen atoms in total. The van der Waals surface area contributed by atoms with Crippen LogP contribution in [-0.2, 0) is 0 Å². The number of nitrogens with zero attached hydrogens (tertiary/aromatic N) is 2. The molecule has 1 unspecified atom stereocenters. The maximum Gasteiger partial charge on any atom is 0.320 e. The van der Waals surface area contributed by atoms with E-state index in [2.05, 4.69) is 20.8 Å². The van der Waals surface area contributed by atoms with Gasteiger partial charge in [-0.3, -0.25) is 0 Å². The van der Waals surface area contributed by atoms with Gasteiger partial charge in [0.1, 0.15) is 0 Å². The second-order valence-electron chi connectivity index (χ2n) is 3.95. The molecule has 1 atom stereocenters. The Hall–Kier alpha value is -2.02. The van der Waals surface area contributed by atoms with Gasteiger partial charge in [-0.2, -0.15) is 0 Å². The van der Waals surface area contributed by atoms with Crippen molar-refractivity contribution < 1.29 is 13.2 Å². The smallest absolute Gasteiger partial charge is 0.320 e. The van der Waals surface area contributed by atoms with Crippen LogP contribution in [0.15, 0.2) is 22.6 Å². The molecule has 0 bridgehead atoms. The van der Waals surface area contributed by atoms with Crippen molar-refractivity contribution in [2.45, 2.75) is 19.9 Å². The van der Waals surface area contributed by atoms with Crippen molar-refractivity contribution in [3.63, 3.8) is 0 Å². The van der Waals surface area contributed by atoms with Gasteiger partial charge in [0.15, 0.2) is 11.6 Å². The van der Waals surface area contributed by atoms with Gasteiger partial charge < -0.3 is 15.1 Å². The molecule has 0 saturated carbocycles. The third kappa shape index (κ3) is 3.05. The van der Waals surface area contributed by atoms with Gasteiger partial charge in [0.2, 0.25) is 5.89 Å². The van der Waals surface area contributed by atoms with Crippen molar-refractivity contribution in [1.29, 1.82) is 0 Å². The van der Waals surface area contributed by atoms with Gasteiger partial charge in [-0.25, -0.2) is 8.78 Å². The summed E-state index contributed by atoms with van der Waals surface area (Å²) in [6, 6.07) is 3.72. The Labute approximate surface area is 109 Å². The third-order valence-electron chi connectivity index (χ3n) is 2.51. The van der Waals surface area contributed by atoms with Crippen LogP contribution in [0.4, 0.5) is 20.5 Å². The standard InChI is InChI=1S/C12H14F2N4O/c1-3-15-7(2)11-17-18-12(19-11)16-9-6-4-5-8(13)10(9)14/h4-7,15H,3H2,1-2H3,(H,16,18). The molecule has 1 aromatic carbocycles. The second kappa shape index (κ2) is 5.75. The molecule has 102 valence electrons. The summed E-state index contributed by atoms with van der Waals surface area (Å²) in [5, 5.41) is 13.2. The minimum Gasteiger partial charge on any atom is -0.406 e. The molecule has 0 amide bonds. The summed E-state index contributed by atoms with van der Waals surface area (Å²) in [6.07, 6.45) is 0. The van der Waals surface area contributed by atoms with Crippen LogP contribution in [0.5, 0.6) is 0 Å². The fourth-order valence-corrected chi connectivity index (χ4v) is 1.57. The van der Waals surface area contributed by atoms with Crippen LogP contribution in [0.2, 0.25) is 0 Å². The first-order valence-electron chi connectivity index (χ1n) is 5.89. The van der Waals surface area contributed by atoms with E-state index in [4.69, 9.17) is 4.42 Å². The van der Waals surface area contributed by atoms with Crippen LogP contribution in [0.3, 0.4) is 0 Å². The Morgan fingerprint density at radius 3 is 2.84 bits per heavy atom. The van der Waals surface area contributed by atoms with Crippen LogP contribution >= 0.6 is 0 Å². The quantitative estimate of drug-likeness (QED) is 0.873. The summed E-state index contributed by atoms with van der Waals surface area (Å²) in [5.41, 5.74) is -0.0497. The highest BCUT2D eigenvalue weighted by molar-refractivity contribution is 5.52. The fourth-order valence-electron chi connectivity index (χ4n) is 1.57. The number of hydrogen-bond acceptors (Lipinski definition) is 5. The lowest BCUT2D eigenvalue weighted by atomic mass is 10.3. The average molecular weight is 268 g/mol. The normalized spacial score (nSPS) is 12.4. The summed E-state index contributed by atoms with van der Waals surface area (Å²) in [4.78, 5) is 0. The lowest BCUT2D eigenvalue weighted by molar-refractivity contribution is 0.430. The van der Waals surface area contributed by atoms with E-state index in [0.29, 0.717) is 5.89 Å². The van der Waals surface area contributed by atoms with E-state index in [1.54, 1.807) is 0 Å². The van der Waals surface area contributed by atoms with Gasteiger partial charge in [-0.15, -0.1) is 5.10 Å². The number of halogens is 2. The molecule has 0 radical (unpaired) electrons. The molecule has 0 saturated heterocycles. The molecular formula is C12H14F2N4O.